The standard InChI is InChI=1S/C22H34ClN3/c1-17(2)26(18(3)4)14-12-22(19-9-5-6-10-20(19)23)15-24-16-25-13-8-7-11-21(22)25/h5-6,9-10,16-18,21H,7-8,11-15H2,1-4H3. The van der Waals surface area contributed by atoms with Crippen LogP contribution in [0.25, 0.3) is 0 Å². The molecule has 0 spiro atoms. The summed E-state index contributed by atoms with van der Waals surface area (Å²) >= 11 is 6.73. The Morgan fingerprint density at radius 2 is 1.92 bits per heavy atom. The van der Waals surface area contributed by atoms with Crippen molar-refractivity contribution in [3.8, 4) is 0 Å². The van der Waals surface area contributed by atoms with Crippen LogP contribution in [0.3, 0.4) is 0 Å². The van der Waals surface area contributed by atoms with Crippen LogP contribution in [-0.2, 0) is 5.41 Å². The van der Waals surface area contributed by atoms with Crippen LogP contribution >= 0.6 is 11.6 Å². The predicted molar refractivity (Wildman–Crippen MR) is 112 cm³/mol. The Labute approximate surface area is 164 Å². The molecular formula is C22H34ClN3. The summed E-state index contributed by atoms with van der Waals surface area (Å²) in [5, 5.41) is 0.899. The van der Waals surface area contributed by atoms with E-state index in [-0.39, 0.29) is 5.41 Å². The number of aliphatic imine (C=N–C) groups is 1. The molecule has 1 saturated heterocycles. The number of halogens is 1. The molecular weight excluding hydrogens is 342 g/mol. The average Bonchev–Trinajstić information content (AvgIpc) is 2.62. The number of hydrogen-bond donors (Lipinski definition) is 0. The van der Waals surface area contributed by atoms with E-state index in [0.29, 0.717) is 18.1 Å². The summed E-state index contributed by atoms with van der Waals surface area (Å²) < 4.78 is 0. The lowest BCUT2D eigenvalue weighted by Crippen LogP contribution is -2.58. The van der Waals surface area contributed by atoms with Gasteiger partial charge in [-0.05, 0) is 71.6 Å². The first-order chi connectivity index (χ1) is 12.5. The zero-order chi connectivity index (χ0) is 18.7. The van der Waals surface area contributed by atoms with Crippen LogP contribution in [0.5, 0.6) is 0 Å². The third-order valence-corrected chi connectivity index (χ3v) is 6.67. The molecule has 3 rings (SSSR count). The molecule has 2 unspecified atom stereocenters. The molecule has 2 atom stereocenters. The first-order valence-corrected chi connectivity index (χ1v) is 10.6. The molecule has 0 saturated carbocycles. The van der Waals surface area contributed by atoms with Crippen LogP contribution in [0, 0.1) is 0 Å². The van der Waals surface area contributed by atoms with E-state index in [1.54, 1.807) is 0 Å². The molecule has 1 fully saturated rings. The molecule has 2 aliphatic heterocycles. The first-order valence-electron chi connectivity index (χ1n) is 10.2. The van der Waals surface area contributed by atoms with E-state index in [2.05, 4.69) is 56.0 Å². The number of rotatable bonds is 6. The van der Waals surface area contributed by atoms with E-state index in [1.807, 2.05) is 12.1 Å². The number of benzene rings is 1. The summed E-state index contributed by atoms with van der Waals surface area (Å²) in [5.74, 6) is 0. The maximum absolute atomic E-state index is 6.73. The van der Waals surface area contributed by atoms with Gasteiger partial charge in [0.2, 0.25) is 0 Å². The summed E-state index contributed by atoms with van der Waals surface area (Å²) in [6.45, 7) is 12.3. The summed E-state index contributed by atoms with van der Waals surface area (Å²) in [4.78, 5) is 9.92. The normalized spacial score (nSPS) is 26.0. The van der Waals surface area contributed by atoms with E-state index in [4.69, 9.17) is 16.6 Å². The van der Waals surface area contributed by atoms with Crippen molar-refractivity contribution >= 4 is 17.9 Å². The van der Waals surface area contributed by atoms with Gasteiger partial charge in [0.1, 0.15) is 0 Å². The topological polar surface area (TPSA) is 18.8 Å². The third kappa shape index (κ3) is 3.80. The molecule has 3 nitrogen and oxygen atoms in total. The monoisotopic (exact) mass is 375 g/mol. The summed E-state index contributed by atoms with van der Waals surface area (Å²) in [6.07, 6.45) is 7.01. The second kappa shape index (κ2) is 8.31. The second-order valence-corrected chi connectivity index (χ2v) is 8.92. The fourth-order valence-electron chi connectivity index (χ4n) is 5.05. The van der Waals surface area contributed by atoms with Gasteiger partial charge in [0, 0.05) is 35.1 Å². The van der Waals surface area contributed by atoms with Crippen LogP contribution < -0.4 is 0 Å². The predicted octanol–water partition coefficient (Wildman–Crippen LogP) is 4.98. The Bertz CT molecular complexity index is 620. The van der Waals surface area contributed by atoms with Crippen molar-refractivity contribution in [2.75, 3.05) is 19.6 Å². The number of nitrogens with zero attached hydrogens (tertiary/aromatic N) is 3. The number of fused-ring (bicyclic) bond motifs is 1. The van der Waals surface area contributed by atoms with Crippen LogP contribution in [0.4, 0.5) is 0 Å². The maximum atomic E-state index is 6.73. The lowest BCUT2D eigenvalue weighted by molar-refractivity contribution is 0.0998. The summed E-state index contributed by atoms with van der Waals surface area (Å²) in [7, 11) is 0. The number of piperidine rings is 1. The van der Waals surface area contributed by atoms with Gasteiger partial charge in [0.15, 0.2) is 0 Å². The second-order valence-electron chi connectivity index (χ2n) is 8.52. The van der Waals surface area contributed by atoms with Gasteiger partial charge in [-0.15, -0.1) is 0 Å². The van der Waals surface area contributed by atoms with E-state index < -0.39 is 0 Å². The zero-order valence-corrected chi connectivity index (χ0v) is 17.5. The molecule has 0 bridgehead atoms. The lowest BCUT2D eigenvalue weighted by atomic mass is 9.67. The molecule has 0 aliphatic carbocycles. The van der Waals surface area contributed by atoms with Gasteiger partial charge >= 0.3 is 0 Å². The highest BCUT2D eigenvalue weighted by molar-refractivity contribution is 6.31. The van der Waals surface area contributed by atoms with Crippen LogP contribution in [-0.4, -0.2) is 53.9 Å². The third-order valence-electron chi connectivity index (χ3n) is 6.34. The quantitative estimate of drug-likeness (QED) is 0.698. The molecule has 0 aromatic heterocycles. The highest BCUT2D eigenvalue weighted by atomic mass is 35.5. The molecule has 0 radical (unpaired) electrons. The van der Waals surface area contributed by atoms with Gasteiger partial charge in [-0.3, -0.25) is 9.89 Å². The maximum Gasteiger partial charge on any atom is 0.0853 e. The van der Waals surface area contributed by atoms with Gasteiger partial charge in [0.25, 0.3) is 0 Å². The van der Waals surface area contributed by atoms with Gasteiger partial charge in [-0.2, -0.15) is 0 Å². The molecule has 1 aromatic carbocycles. The minimum Gasteiger partial charge on any atom is -0.359 e. The Balaban J connectivity index is 1.97. The fourth-order valence-corrected chi connectivity index (χ4v) is 5.37. The average molecular weight is 376 g/mol. The van der Waals surface area contributed by atoms with Crippen LogP contribution in [0.2, 0.25) is 5.02 Å². The van der Waals surface area contributed by atoms with Crippen molar-refractivity contribution in [2.24, 2.45) is 4.99 Å². The zero-order valence-electron chi connectivity index (χ0n) is 16.8. The van der Waals surface area contributed by atoms with Crippen molar-refractivity contribution in [1.82, 2.24) is 9.80 Å². The Hall–Kier alpha value is -1.06. The Morgan fingerprint density at radius 1 is 1.19 bits per heavy atom. The van der Waals surface area contributed by atoms with Crippen molar-refractivity contribution in [3.63, 3.8) is 0 Å². The van der Waals surface area contributed by atoms with Gasteiger partial charge in [-0.1, -0.05) is 29.8 Å². The minimum absolute atomic E-state index is 0.00947. The first kappa shape index (κ1) is 19.7. The smallest absolute Gasteiger partial charge is 0.0853 e. The minimum atomic E-state index is 0.00947. The lowest BCUT2D eigenvalue weighted by Gasteiger charge is -2.51. The number of hydrogen-bond acceptors (Lipinski definition) is 3. The highest BCUT2D eigenvalue weighted by Gasteiger charge is 2.46. The van der Waals surface area contributed by atoms with E-state index >= 15 is 0 Å². The van der Waals surface area contributed by atoms with Crippen molar-refractivity contribution < 1.29 is 0 Å². The van der Waals surface area contributed by atoms with Gasteiger partial charge in [-0.25, -0.2) is 0 Å². The molecule has 0 N–H and O–H groups in total. The van der Waals surface area contributed by atoms with Crippen molar-refractivity contribution in [1.29, 1.82) is 0 Å². The van der Waals surface area contributed by atoms with Crippen LogP contribution in [0.1, 0.15) is 58.9 Å². The largest absolute Gasteiger partial charge is 0.359 e. The Kier molecular flexibility index (Phi) is 6.29. The van der Waals surface area contributed by atoms with Gasteiger partial charge < -0.3 is 4.90 Å². The summed E-state index contributed by atoms with van der Waals surface area (Å²) in [6, 6.07) is 10.1. The molecule has 1 aromatic rings. The molecule has 144 valence electrons. The molecule has 26 heavy (non-hydrogen) atoms. The van der Waals surface area contributed by atoms with Crippen molar-refractivity contribution in [2.45, 2.75) is 76.9 Å². The fraction of sp³-hybridized carbons (Fsp3) is 0.682. The van der Waals surface area contributed by atoms with Crippen molar-refractivity contribution in [3.05, 3.63) is 34.9 Å². The van der Waals surface area contributed by atoms with E-state index in [9.17, 15) is 0 Å². The van der Waals surface area contributed by atoms with E-state index in [0.717, 1.165) is 31.1 Å². The molecule has 0 amide bonds. The molecule has 2 heterocycles. The van der Waals surface area contributed by atoms with Gasteiger partial charge in [0.05, 0.1) is 12.9 Å². The Morgan fingerprint density at radius 3 is 2.62 bits per heavy atom. The summed E-state index contributed by atoms with van der Waals surface area (Å²) in [5.41, 5.74) is 1.30. The van der Waals surface area contributed by atoms with Crippen LogP contribution in [0.15, 0.2) is 29.3 Å². The SMILES string of the molecule is CC(C)N(CCC1(c2ccccc2Cl)CN=CN2CCCCC21)C(C)C. The highest BCUT2D eigenvalue weighted by Crippen LogP contribution is 2.43. The molecule has 2 aliphatic rings. The van der Waals surface area contributed by atoms with E-state index in [1.165, 1.54) is 24.8 Å². The molecule has 4 heteroatoms.